The average Bonchev–Trinajstić information content (AvgIpc) is 2.79. The van der Waals surface area contributed by atoms with E-state index in [2.05, 4.69) is 10.3 Å². The van der Waals surface area contributed by atoms with E-state index < -0.39 is 0 Å². The van der Waals surface area contributed by atoms with Crippen LogP contribution in [0.2, 0.25) is 5.02 Å². The fourth-order valence-corrected chi connectivity index (χ4v) is 1.34. The van der Waals surface area contributed by atoms with Crippen LogP contribution in [-0.2, 0) is 4.79 Å². The second kappa shape index (κ2) is 5.32. The smallest absolute Gasteiger partial charge is 0.249 e. The highest BCUT2D eigenvalue weighted by molar-refractivity contribution is 6.30. The van der Waals surface area contributed by atoms with Crippen LogP contribution in [0.5, 0.6) is 0 Å². The minimum absolute atomic E-state index is 0.295. The van der Waals surface area contributed by atoms with E-state index in [0.29, 0.717) is 16.6 Å². The topological polar surface area (TPSA) is 55.1 Å². The first-order valence-electron chi connectivity index (χ1n) is 4.88. The number of amides is 1. The predicted molar refractivity (Wildman–Crippen MR) is 65.6 cm³/mol. The molecule has 0 aliphatic heterocycles. The van der Waals surface area contributed by atoms with Gasteiger partial charge >= 0.3 is 0 Å². The Morgan fingerprint density at radius 2 is 2.35 bits per heavy atom. The van der Waals surface area contributed by atoms with Crippen LogP contribution in [0.1, 0.15) is 5.76 Å². The van der Waals surface area contributed by atoms with Crippen molar-refractivity contribution in [2.75, 3.05) is 5.32 Å². The largest absolute Gasteiger partial charge is 0.465 e. The molecule has 2 aromatic heterocycles. The molecule has 0 fully saturated rings. The summed E-state index contributed by atoms with van der Waals surface area (Å²) in [5.41, 5.74) is 0. The number of hydrogen-bond donors (Lipinski definition) is 1. The summed E-state index contributed by atoms with van der Waals surface area (Å²) in [5, 5.41) is 3.10. The Bertz CT molecular complexity index is 535. The molecule has 86 valence electrons. The van der Waals surface area contributed by atoms with Crippen molar-refractivity contribution in [3.63, 3.8) is 0 Å². The fraction of sp³-hybridized carbons (Fsp3) is 0. The lowest BCUT2D eigenvalue weighted by Crippen LogP contribution is -2.08. The number of hydrogen-bond acceptors (Lipinski definition) is 3. The van der Waals surface area contributed by atoms with Crippen LogP contribution >= 0.6 is 11.6 Å². The van der Waals surface area contributed by atoms with Crippen molar-refractivity contribution < 1.29 is 9.21 Å². The van der Waals surface area contributed by atoms with Gasteiger partial charge in [0.15, 0.2) is 0 Å². The number of carbonyl (C=O) groups is 1. The SMILES string of the molecule is O=C(/C=C/c1ccco1)Nc1cc(Cl)ccn1. The van der Waals surface area contributed by atoms with E-state index >= 15 is 0 Å². The first kappa shape index (κ1) is 11.4. The maximum atomic E-state index is 11.5. The van der Waals surface area contributed by atoms with Gasteiger partial charge in [0.05, 0.1) is 6.26 Å². The molecule has 2 aromatic rings. The quantitative estimate of drug-likeness (QED) is 0.850. The van der Waals surface area contributed by atoms with Gasteiger partial charge in [-0.3, -0.25) is 4.79 Å². The van der Waals surface area contributed by atoms with E-state index in [1.807, 2.05) is 0 Å². The molecule has 0 aliphatic rings. The third kappa shape index (κ3) is 3.46. The molecule has 0 atom stereocenters. The molecule has 4 nitrogen and oxygen atoms in total. The maximum absolute atomic E-state index is 11.5. The summed E-state index contributed by atoms with van der Waals surface area (Å²) in [6.45, 7) is 0. The molecule has 5 heteroatoms. The second-order valence-electron chi connectivity index (χ2n) is 3.20. The summed E-state index contributed by atoms with van der Waals surface area (Å²) in [6, 6.07) is 6.70. The maximum Gasteiger partial charge on any atom is 0.249 e. The molecular weight excluding hydrogens is 240 g/mol. The molecule has 0 saturated carbocycles. The normalized spacial score (nSPS) is 10.6. The number of furan rings is 1. The van der Waals surface area contributed by atoms with Gasteiger partial charge in [-0.05, 0) is 30.3 Å². The zero-order valence-electron chi connectivity index (χ0n) is 8.76. The molecule has 1 N–H and O–H groups in total. The van der Waals surface area contributed by atoms with Crippen LogP contribution in [0.15, 0.2) is 47.2 Å². The Morgan fingerprint density at radius 3 is 3.06 bits per heavy atom. The number of nitrogens with zero attached hydrogens (tertiary/aromatic N) is 1. The van der Waals surface area contributed by atoms with Gasteiger partial charge in [-0.15, -0.1) is 0 Å². The Kier molecular flexibility index (Phi) is 3.57. The first-order valence-corrected chi connectivity index (χ1v) is 5.26. The van der Waals surface area contributed by atoms with E-state index in [1.54, 1.807) is 30.3 Å². The minimum Gasteiger partial charge on any atom is -0.465 e. The van der Waals surface area contributed by atoms with E-state index in [9.17, 15) is 4.79 Å². The number of nitrogens with one attached hydrogen (secondary N) is 1. The second-order valence-corrected chi connectivity index (χ2v) is 3.63. The lowest BCUT2D eigenvalue weighted by molar-refractivity contribution is -0.111. The molecule has 17 heavy (non-hydrogen) atoms. The Morgan fingerprint density at radius 1 is 1.47 bits per heavy atom. The van der Waals surface area contributed by atoms with Crippen LogP contribution in [-0.4, -0.2) is 10.9 Å². The molecule has 0 unspecified atom stereocenters. The molecule has 0 saturated heterocycles. The average molecular weight is 249 g/mol. The van der Waals surface area contributed by atoms with Crippen LogP contribution < -0.4 is 5.32 Å². The third-order valence-corrected chi connectivity index (χ3v) is 2.15. The molecule has 1 amide bonds. The van der Waals surface area contributed by atoms with Crippen LogP contribution in [0.25, 0.3) is 6.08 Å². The predicted octanol–water partition coefficient (Wildman–Crippen LogP) is 2.98. The standard InChI is InChI=1S/C12H9ClN2O2/c13-9-5-6-14-11(8-9)15-12(16)4-3-10-2-1-7-17-10/h1-8H,(H,14,15,16)/b4-3+. The van der Waals surface area contributed by atoms with Crippen molar-refractivity contribution in [1.82, 2.24) is 4.98 Å². The van der Waals surface area contributed by atoms with Gasteiger partial charge in [0.25, 0.3) is 0 Å². The summed E-state index contributed by atoms with van der Waals surface area (Å²) in [5.74, 6) is 0.724. The molecule has 0 aromatic carbocycles. The van der Waals surface area contributed by atoms with Crippen molar-refractivity contribution in [2.24, 2.45) is 0 Å². The van der Waals surface area contributed by atoms with Crippen molar-refractivity contribution in [2.45, 2.75) is 0 Å². The molecule has 0 radical (unpaired) electrons. The molecule has 0 aliphatic carbocycles. The summed E-state index contributed by atoms with van der Waals surface area (Å²) in [4.78, 5) is 15.4. The Balaban J connectivity index is 1.98. The molecule has 2 rings (SSSR count). The third-order valence-electron chi connectivity index (χ3n) is 1.92. The molecular formula is C12H9ClN2O2. The van der Waals surface area contributed by atoms with Gasteiger partial charge in [0.1, 0.15) is 11.6 Å². The van der Waals surface area contributed by atoms with Gasteiger partial charge in [-0.25, -0.2) is 4.98 Å². The van der Waals surface area contributed by atoms with Crippen molar-refractivity contribution >= 4 is 29.4 Å². The van der Waals surface area contributed by atoms with Crippen LogP contribution in [0, 0.1) is 0 Å². The number of rotatable bonds is 3. The summed E-state index contributed by atoms with van der Waals surface area (Å²) in [6.07, 6.45) is 5.99. The van der Waals surface area contributed by atoms with Crippen molar-refractivity contribution in [1.29, 1.82) is 0 Å². The highest BCUT2D eigenvalue weighted by Crippen LogP contribution is 2.11. The number of anilines is 1. The van der Waals surface area contributed by atoms with Gasteiger partial charge in [0, 0.05) is 17.3 Å². The highest BCUT2D eigenvalue weighted by atomic mass is 35.5. The number of halogens is 1. The Hall–Kier alpha value is -2.07. The van der Waals surface area contributed by atoms with E-state index in [1.165, 1.54) is 18.5 Å². The number of pyridine rings is 1. The minimum atomic E-state index is -0.295. The van der Waals surface area contributed by atoms with Gasteiger partial charge in [-0.2, -0.15) is 0 Å². The lowest BCUT2D eigenvalue weighted by Gasteiger charge is -2.00. The van der Waals surface area contributed by atoms with Crippen LogP contribution in [0.3, 0.4) is 0 Å². The number of carbonyl (C=O) groups excluding carboxylic acids is 1. The molecule has 0 bridgehead atoms. The van der Waals surface area contributed by atoms with Crippen molar-refractivity contribution in [3.05, 3.63) is 53.6 Å². The molecule has 0 spiro atoms. The zero-order chi connectivity index (χ0) is 12.1. The van der Waals surface area contributed by atoms with Gasteiger partial charge in [-0.1, -0.05) is 11.6 Å². The van der Waals surface area contributed by atoms with Crippen molar-refractivity contribution in [3.8, 4) is 0 Å². The van der Waals surface area contributed by atoms with Crippen LogP contribution in [0.4, 0.5) is 5.82 Å². The fourth-order valence-electron chi connectivity index (χ4n) is 1.18. The van der Waals surface area contributed by atoms with E-state index in [4.69, 9.17) is 16.0 Å². The van der Waals surface area contributed by atoms with Gasteiger partial charge < -0.3 is 9.73 Å². The Labute approximate surface area is 103 Å². The summed E-state index contributed by atoms with van der Waals surface area (Å²) in [7, 11) is 0. The lowest BCUT2D eigenvalue weighted by atomic mass is 10.4. The monoisotopic (exact) mass is 248 g/mol. The number of aromatic nitrogens is 1. The van der Waals surface area contributed by atoms with E-state index in [-0.39, 0.29) is 5.91 Å². The summed E-state index contributed by atoms with van der Waals surface area (Å²) < 4.78 is 5.05. The van der Waals surface area contributed by atoms with E-state index in [0.717, 1.165) is 0 Å². The zero-order valence-corrected chi connectivity index (χ0v) is 9.52. The summed E-state index contributed by atoms with van der Waals surface area (Å²) >= 11 is 5.76. The van der Waals surface area contributed by atoms with Gasteiger partial charge in [0.2, 0.25) is 5.91 Å². The first-order chi connectivity index (χ1) is 8.24. The highest BCUT2D eigenvalue weighted by Gasteiger charge is 1.99. The molecule has 2 heterocycles.